The molecule has 4 aromatic rings. The molecule has 2 amide bonds. The van der Waals surface area contributed by atoms with Crippen molar-refractivity contribution in [3.8, 4) is 16.4 Å². The first-order chi connectivity index (χ1) is 15.0. The lowest BCUT2D eigenvalue weighted by Crippen LogP contribution is -2.24. The van der Waals surface area contributed by atoms with Crippen LogP contribution in [0.25, 0.3) is 16.4 Å². The Morgan fingerprint density at radius 2 is 1.87 bits per heavy atom. The molecule has 2 aromatic carbocycles. The fourth-order valence-corrected chi connectivity index (χ4v) is 3.66. The van der Waals surface area contributed by atoms with Crippen molar-refractivity contribution in [1.29, 1.82) is 0 Å². The number of halogens is 1. The predicted molar refractivity (Wildman–Crippen MR) is 116 cm³/mol. The highest BCUT2D eigenvalue weighted by Gasteiger charge is 2.19. The molecule has 0 aliphatic carbocycles. The van der Waals surface area contributed by atoms with Gasteiger partial charge in [-0.2, -0.15) is 0 Å². The number of nitrogens with one attached hydrogen (secondary N) is 2. The van der Waals surface area contributed by atoms with E-state index in [0.717, 1.165) is 10.4 Å². The number of aromatic nitrogens is 3. The maximum atomic E-state index is 13.3. The Bertz CT molecular complexity index is 1220. The number of rotatable bonds is 6. The summed E-state index contributed by atoms with van der Waals surface area (Å²) in [5, 5.41) is 11.6. The van der Waals surface area contributed by atoms with Crippen LogP contribution in [0.1, 0.15) is 26.5 Å². The van der Waals surface area contributed by atoms with Gasteiger partial charge in [0.25, 0.3) is 11.8 Å². The highest BCUT2D eigenvalue weighted by Crippen LogP contribution is 2.25. The first-order valence-electron chi connectivity index (χ1n) is 9.41. The summed E-state index contributed by atoms with van der Waals surface area (Å²) in [7, 11) is 1.56. The van der Waals surface area contributed by atoms with Crippen molar-refractivity contribution in [3.05, 3.63) is 88.8 Å². The second kappa shape index (κ2) is 8.88. The highest BCUT2D eigenvalue weighted by atomic mass is 32.1. The fraction of sp³-hybridized carbons (Fsp3) is 0.0909. The molecule has 0 spiro atoms. The SMILES string of the molecule is CNC(=O)c1cccc(CNC(=O)c2nc(-c3cccs3)n(-c3ccc(F)cc3)n2)c1. The van der Waals surface area contributed by atoms with Gasteiger partial charge in [0.1, 0.15) is 5.82 Å². The molecule has 2 heterocycles. The summed E-state index contributed by atoms with van der Waals surface area (Å²) >= 11 is 1.46. The van der Waals surface area contributed by atoms with Gasteiger partial charge in [-0.05, 0) is 53.4 Å². The van der Waals surface area contributed by atoms with Gasteiger partial charge in [-0.3, -0.25) is 9.59 Å². The summed E-state index contributed by atoms with van der Waals surface area (Å²) < 4.78 is 14.9. The quantitative estimate of drug-likeness (QED) is 0.486. The molecule has 9 heteroatoms. The van der Waals surface area contributed by atoms with Gasteiger partial charge in [0.15, 0.2) is 5.82 Å². The molecule has 0 atom stereocenters. The molecule has 4 rings (SSSR count). The number of hydrogen-bond acceptors (Lipinski definition) is 5. The molecular formula is C22H18FN5O2S. The van der Waals surface area contributed by atoms with Crippen LogP contribution in [-0.4, -0.2) is 33.6 Å². The first kappa shape index (κ1) is 20.4. The van der Waals surface area contributed by atoms with Crippen LogP contribution in [0, 0.1) is 5.82 Å². The molecule has 0 bridgehead atoms. The molecule has 0 unspecified atom stereocenters. The molecule has 0 aliphatic heterocycles. The third-order valence-electron chi connectivity index (χ3n) is 4.49. The number of amides is 2. The minimum absolute atomic E-state index is 0.00446. The number of hydrogen-bond donors (Lipinski definition) is 2. The number of nitrogens with zero attached hydrogens (tertiary/aromatic N) is 3. The third-order valence-corrected chi connectivity index (χ3v) is 5.36. The number of thiophene rings is 1. The molecular weight excluding hydrogens is 417 g/mol. The van der Waals surface area contributed by atoms with Crippen molar-refractivity contribution in [2.24, 2.45) is 0 Å². The van der Waals surface area contributed by atoms with E-state index in [1.54, 1.807) is 37.4 Å². The Kier molecular flexibility index (Phi) is 5.85. The largest absolute Gasteiger partial charge is 0.355 e. The zero-order valence-electron chi connectivity index (χ0n) is 16.5. The van der Waals surface area contributed by atoms with Gasteiger partial charge in [0.05, 0.1) is 10.6 Å². The Hall–Kier alpha value is -3.85. The number of carbonyl (C=O) groups excluding carboxylic acids is 2. The van der Waals surface area contributed by atoms with Crippen molar-refractivity contribution in [1.82, 2.24) is 25.4 Å². The summed E-state index contributed by atoms with van der Waals surface area (Å²) in [6, 6.07) is 16.5. The predicted octanol–water partition coefficient (Wildman–Crippen LogP) is 3.42. The monoisotopic (exact) mass is 435 g/mol. The zero-order valence-corrected chi connectivity index (χ0v) is 17.3. The van der Waals surface area contributed by atoms with Crippen LogP contribution in [0.15, 0.2) is 66.0 Å². The number of carbonyl (C=O) groups is 2. The molecule has 0 saturated heterocycles. The van der Waals surface area contributed by atoms with E-state index in [0.29, 0.717) is 17.1 Å². The smallest absolute Gasteiger partial charge is 0.291 e. The highest BCUT2D eigenvalue weighted by molar-refractivity contribution is 7.13. The van der Waals surface area contributed by atoms with E-state index in [1.165, 1.54) is 28.2 Å². The van der Waals surface area contributed by atoms with Gasteiger partial charge in [-0.25, -0.2) is 14.1 Å². The van der Waals surface area contributed by atoms with Gasteiger partial charge >= 0.3 is 0 Å². The Morgan fingerprint density at radius 1 is 1.06 bits per heavy atom. The topological polar surface area (TPSA) is 88.9 Å². The lowest BCUT2D eigenvalue weighted by Gasteiger charge is -2.05. The van der Waals surface area contributed by atoms with Crippen molar-refractivity contribution in [2.45, 2.75) is 6.54 Å². The zero-order chi connectivity index (χ0) is 21.8. The Morgan fingerprint density at radius 3 is 2.58 bits per heavy atom. The van der Waals surface area contributed by atoms with E-state index in [1.807, 2.05) is 23.6 Å². The van der Waals surface area contributed by atoms with Crippen molar-refractivity contribution in [3.63, 3.8) is 0 Å². The van der Waals surface area contributed by atoms with Crippen LogP contribution in [0.2, 0.25) is 0 Å². The molecule has 0 saturated carbocycles. The van der Waals surface area contributed by atoms with Crippen LogP contribution in [0.3, 0.4) is 0 Å². The molecule has 2 aromatic heterocycles. The van der Waals surface area contributed by atoms with E-state index < -0.39 is 5.91 Å². The van der Waals surface area contributed by atoms with Crippen molar-refractivity contribution >= 4 is 23.2 Å². The molecule has 31 heavy (non-hydrogen) atoms. The van der Waals surface area contributed by atoms with E-state index in [-0.39, 0.29) is 24.1 Å². The van der Waals surface area contributed by atoms with Crippen LogP contribution in [0.4, 0.5) is 4.39 Å². The van der Waals surface area contributed by atoms with E-state index >= 15 is 0 Å². The van der Waals surface area contributed by atoms with E-state index in [2.05, 4.69) is 20.7 Å². The molecule has 156 valence electrons. The third kappa shape index (κ3) is 4.51. The normalized spacial score (nSPS) is 10.6. The standard InChI is InChI=1S/C22H18FN5O2S/c1-24-21(29)15-5-2-4-14(12-15)13-25-22(30)19-26-20(18-6-3-11-31-18)28(27-19)17-9-7-16(23)8-10-17/h2-12H,13H2,1H3,(H,24,29)(H,25,30). The summed E-state index contributed by atoms with van der Waals surface area (Å²) in [6.45, 7) is 0.211. The van der Waals surface area contributed by atoms with Crippen LogP contribution in [-0.2, 0) is 6.54 Å². The molecule has 0 fully saturated rings. The maximum Gasteiger partial charge on any atom is 0.291 e. The average molecular weight is 435 g/mol. The van der Waals surface area contributed by atoms with E-state index in [9.17, 15) is 14.0 Å². The van der Waals surface area contributed by atoms with Gasteiger partial charge < -0.3 is 10.6 Å². The molecule has 2 N–H and O–H groups in total. The minimum Gasteiger partial charge on any atom is -0.355 e. The summed E-state index contributed by atoms with van der Waals surface area (Å²) in [5.41, 5.74) is 1.87. The Balaban J connectivity index is 1.58. The summed E-state index contributed by atoms with van der Waals surface area (Å²) in [6.07, 6.45) is 0. The lowest BCUT2D eigenvalue weighted by molar-refractivity contribution is 0.0939. The average Bonchev–Trinajstić information content (AvgIpc) is 3.47. The minimum atomic E-state index is -0.455. The first-order valence-corrected chi connectivity index (χ1v) is 10.3. The second-order valence-corrected chi connectivity index (χ2v) is 7.53. The molecule has 7 nitrogen and oxygen atoms in total. The van der Waals surface area contributed by atoms with Crippen LogP contribution < -0.4 is 10.6 Å². The van der Waals surface area contributed by atoms with Gasteiger partial charge in [-0.15, -0.1) is 16.4 Å². The number of benzene rings is 2. The Labute approximate surface area is 181 Å². The summed E-state index contributed by atoms with van der Waals surface area (Å²) in [4.78, 5) is 29.8. The van der Waals surface area contributed by atoms with Crippen LogP contribution in [0.5, 0.6) is 0 Å². The fourth-order valence-electron chi connectivity index (χ4n) is 2.96. The van der Waals surface area contributed by atoms with Gasteiger partial charge in [0.2, 0.25) is 5.82 Å². The van der Waals surface area contributed by atoms with Gasteiger partial charge in [0, 0.05) is 19.2 Å². The lowest BCUT2D eigenvalue weighted by atomic mass is 10.1. The van der Waals surface area contributed by atoms with Gasteiger partial charge in [-0.1, -0.05) is 18.2 Å². The van der Waals surface area contributed by atoms with Crippen molar-refractivity contribution < 1.29 is 14.0 Å². The molecule has 0 aliphatic rings. The summed E-state index contributed by atoms with van der Waals surface area (Å²) in [5.74, 6) is -0.528. The van der Waals surface area contributed by atoms with Crippen molar-refractivity contribution in [2.75, 3.05) is 7.05 Å². The van der Waals surface area contributed by atoms with Crippen LogP contribution >= 0.6 is 11.3 Å². The maximum absolute atomic E-state index is 13.3. The second-order valence-electron chi connectivity index (χ2n) is 6.59. The van der Waals surface area contributed by atoms with E-state index in [4.69, 9.17) is 0 Å². The molecule has 0 radical (unpaired) electrons.